The van der Waals surface area contributed by atoms with Gasteiger partial charge in [0.05, 0.1) is 16.7 Å². The summed E-state index contributed by atoms with van der Waals surface area (Å²) < 4.78 is 30.2. The van der Waals surface area contributed by atoms with E-state index in [2.05, 4.69) is 33.5 Å². The molecule has 0 bridgehead atoms. The van der Waals surface area contributed by atoms with Crippen molar-refractivity contribution in [3.05, 3.63) is 99.8 Å². The van der Waals surface area contributed by atoms with E-state index in [1.165, 1.54) is 6.20 Å². The molecule has 1 fully saturated rings. The van der Waals surface area contributed by atoms with Crippen LogP contribution in [0.1, 0.15) is 85.5 Å². The summed E-state index contributed by atoms with van der Waals surface area (Å²) in [5, 5.41) is 23.6. The second kappa shape index (κ2) is 20.8. The van der Waals surface area contributed by atoms with Gasteiger partial charge in [-0.05, 0) is 93.0 Å². The Morgan fingerprint density at radius 3 is 2.59 bits per heavy atom. The van der Waals surface area contributed by atoms with Gasteiger partial charge in [-0.25, -0.2) is 4.79 Å². The highest BCUT2D eigenvalue weighted by Gasteiger charge is 2.29. The molecule has 0 radical (unpaired) electrons. The van der Waals surface area contributed by atoms with Crippen LogP contribution in [0.3, 0.4) is 0 Å². The first kappa shape index (κ1) is 45.0. The molecular weight excluding hydrogens is 800 g/mol. The first-order valence-corrected chi connectivity index (χ1v) is 21.2. The lowest BCUT2D eigenvalue weighted by Gasteiger charge is -2.28. The van der Waals surface area contributed by atoms with Crippen molar-refractivity contribution >= 4 is 29.4 Å². The highest BCUT2D eigenvalue weighted by atomic mass is 35.5. The molecule has 326 valence electrons. The van der Waals surface area contributed by atoms with Gasteiger partial charge in [0.1, 0.15) is 49.6 Å². The van der Waals surface area contributed by atoms with Gasteiger partial charge in [0.25, 0.3) is 5.91 Å². The van der Waals surface area contributed by atoms with Crippen LogP contribution >= 0.6 is 11.6 Å². The van der Waals surface area contributed by atoms with Crippen LogP contribution in [-0.2, 0) is 29.3 Å². The highest BCUT2D eigenvalue weighted by molar-refractivity contribution is 6.32. The number of aromatic nitrogens is 1. The molecule has 1 amide bonds. The molecule has 2 aliphatic heterocycles. The Hall–Kier alpha value is -5.57. The molecule has 0 aliphatic carbocycles. The molecule has 61 heavy (non-hydrogen) atoms. The second-order valence-corrected chi connectivity index (χ2v) is 16.5. The van der Waals surface area contributed by atoms with Gasteiger partial charge in [-0.2, -0.15) is 0 Å². The summed E-state index contributed by atoms with van der Waals surface area (Å²) in [6, 6.07) is 16.4. The number of nitrogens with two attached hydrogens (primary N) is 1. The number of aliphatic hydroxyl groups excluding tert-OH is 1. The quantitative estimate of drug-likeness (QED) is 0.0291. The molecule has 3 heterocycles. The Labute approximate surface area is 362 Å². The zero-order chi connectivity index (χ0) is 43.5. The molecular formula is C46H57ClN6O8. The number of nitrogens with one attached hydrogen (secondary N) is 3. The van der Waals surface area contributed by atoms with Gasteiger partial charge in [0.15, 0.2) is 17.5 Å². The average molecular weight is 857 g/mol. The maximum Gasteiger partial charge on any atom is 0.329 e. The number of rotatable bonds is 19. The highest BCUT2D eigenvalue weighted by Crippen LogP contribution is 2.38. The van der Waals surface area contributed by atoms with Crippen molar-refractivity contribution in [2.45, 2.75) is 97.3 Å². The normalized spacial score (nSPS) is 15.5. The number of carbonyl (C=O) groups excluding carboxylic acids is 2. The van der Waals surface area contributed by atoms with Crippen molar-refractivity contribution in [2.75, 3.05) is 32.8 Å². The fourth-order valence-corrected chi connectivity index (χ4v) is 7.77. The van der Waals surface area contributed by atoms with Gasteiger partial charge in [-0.15, -0.1) is 0 Å². The van der Waals surface area contributed by atoms with E-state index in [1.807, 2.05) is 57.2 Å². The van der Waals surface area contributed by atoms with Crippen LogP contribution < -0.4 is 35.3 Å². The predicted octanol–water partition coefficient (Wildman–Crippen LogP) is 6.69. The number of carbonyl (C=O) groups is 2. The van der Waals surface area contributed by atoms with Gasteiger partial charge in [0, 0.05) is 55.8 Å². The van der Waals surface area contributed by atoms with E-state index in [0.717, 1.165) is 52.3 Å². The second-order valence-electron chi connectivity index (χ2n) is 16.1. The van der Waals surface area contributed by atoms with Gasteiger partial charge in [-0.1, -0.05) is 49.2 Å². The predicted molar refractivity (Wildman–Crippen MR) is 233 cm³/mol. The van der Waals surface area contributed by atoms with E-state index in [9.17, 15) is 14.7 Å². The molecule has 0 unspecified atom stereocenters. The average Bonchev–Trinajstić information content (AvgIpc) is 3.65. The number of nitrogens with zero attached hydrogens (tertiary/aromatic N) is 2. The number of likely N-dealkylation sites (tertiary alicyclic amines) is 1. The number of guanidine groups is 1. The number of amides is 1. The molecule has 6 N–H and O–H groups in total. The van der Waals surface area contributed by atoms with Crippen molar-refractivity contribution in [3.8, 4) is 34.1 Å². The molecule has 1 saturated heterocycles. The Kier molecular flexibility index (Phi) is 15.3. The smallest absolute Gasteiger partial charge is 0.329 e. The van der Waals surface area contributed by atoms with E-state index in [1.54, 1.807) is 18.3 Å². The van der Waals surface area contributed by atoms with Crippen LogP contribution in [0.2, 0.25) is 5.02 Å². The Balaban J connectivity index is 1.17. The fraction of sp³-hybridized carbons (Fsp3) is 0.435. The molecule has 15 heteroatoms. The van der Waals surface area contributed by atoms with Crippen molar-refractivity contribution in [3.63, 3.8) is 0 Å². The number of halogens is 1. The van der Waals surface area contributed by atoms with Crippen LogP contribution in [-0.4, -0.2) is 83.4 Å². The number of hydrogen-bond acceptors (Lipinski definition) is 11. The number of β-amino-alcohol motifs (C(OH)–C–C–N with tert-alkyl or cyclic N) is 1. The largest absolute Gasteiger partial charge is 0.488 e. The first-order valence-electron chi connectivity index (χ1n) is 20.8. The molecule has 14 nitrogen and oxygen atoms in total. The molecule has 2 atom stereocenters. The third kappa shape index (κ3) is 12.5. The third-order valence-electron chi connectivity index (χ3n) is 10.7. The Bertz CT molecular complexity index is 2180. The number of benzene rings is 3. The minimum atomic E-state index is -0.934. The van der Waals surface area contributed by atoms with Gasteiger partial charge >= 0.3 is 5.97 Å². The zero-order valence-electron chi connectivity index (χ0n) is 35.4. The monoisotopic (exact) mass is 856 g/mol. The Morgan fingerprint density at radius 1 is 1.05 bits per heavy atom. The number of fused-ring (bicyclic) bond motifs is 1. The van der Waals surface area contributed by atoms with E-state index < -0.39 is 29.6 Å². The van der Waals surface area contributed by atoms with Gasteiger partial charge in [0.2, 0.25) is 0 Å². The summed E-state index contributed by atoms with van der Waals surface area (Å²) in [7, 11) is 0. The summed E-state index contributed by atoms with van der Waals surface area (Å²) in [4.78, 5) is 33.4. The van der Waals surface area contributed by atoms with Gasteiger partial charge < -0.3 is 45.2 Å². The van der Waals surface area contributed by atoms with Gasteiger partial charge in [-0.3, -0.25) is 20.1 Å². The third-order valence-corrected chi connectivity index (χ3v) is 11.0. The zero-order valence-corrected chi connectivity index (χ0v) is 36.1. The first-order chi connectivity index (χ1) is 29.3. The van der Waals surface area contributed by atoms with Crippen molar-refractivity contribution in [1.29, 1.82) is 5.41 Å². The number of ether oxygens (including phenoxy) is 5. The van der Waals surface area contributed by atoms with Crippen LogP contribution in [0, 0.1) is 12.3 Å². The standard InChI is InChI=1S/C46H57ClN6O8/c1-5-14-46(3,4)61-44(56)38(10-7-15-51-45(48)49)52-43(55)33-19-30(23-50-24-33)27-59-40-22-41(37(47)20-34(40)25-53-16-13-35(54)26-53)60-28-32-8-6-9-36(29(32)2)31-11-12-39-42(21-31)58-18-17-57-39/h6,8-9,11-12,19-24,35,38,54H,5,7,10,13-18,25-28H2,1-4H3,(H,52,55)(H4,48,49,51)/t35-,38-/m0/s1. The van der Waals surface area contributed by atoms with Crippen LogP contribution in [0.25, 0.3) is 11.1 Å². The van der Waals surface area contributed by atoms with Crippen LogP contribution in [0.4, 0.5) is 0 Å². The van der Waals surface area contributed by atoms with E-state index in [0.29, 0.717) is 74.2 Å². The topological polar surface area (TPSA) is 191 Å². The van der Waals surface area contributed by atoms with E-state index >= 15 is 0 Å². The minimum Gasteiger partial charge on any atom is -0.488 e. The molecule has 4 aromatic rings. The molecule has 0 saturated carbocycles. The van der Waals surface area contributed by atoms with Crippen LogP contribution in [0.15, 0.2) is 67.0 Å². The van der Waals surface area contributed by atoms with Crippen molar-refractivity contribution in [2.24, 2.45) is 5.73 Å². The van der Waals surface area contributed by atoms with Crippen LogP contribution in [0.5, 0.6) is 23.0 Å². The summed E-state index contributed by atoms with van der Waals surface area (Å²) in [5.41, 5.74) is 10.5. The SMILES string of the molecule is CCCC(C)(C)OC(=O)[C@H](CCCNC(=N)N)NC(=O)c1cncc(COc2cc(OCc3cccc(-c4ccc5c(c4)OCCO5)c3C)c(Cl)cc2CN2CC[C@H](O)C2)c1. The molecule has 0 spiro atoms. The molecule has 1 aromatic heterocycles. The van der Waals surface area contributed by atoms with E-state index in [4.69, 9.17) is 46.4 Å². The molecule has 3 aromatic carbocycles. The van der Waals surface area contributed by atoms with Crippen molar-refractivity contribution in [1.82, 2.24) is 20.5 Å². The summed E-state index contributed by atoms with van der Waals surface area (Å²) >= 11 is 6.88. The lowest BCUT2D eigenvalue weighted by atomic mass is 9.96. The van der Waals surface area contributed by atoms with Crippen molar-refractivity contribution < 1.29 is 38.4 Å². The molecule has 2 aliphatic rings. The number of aliphatic hydroxyl groups is 1. The fourth-order valence-electron chi connectivity index (χ4n) is 7.53. The maximum atomic E-state index is 13.6. The lowest BCUT2D eigenvalue weighted by molar-refractivity contribution is -0.159. The number of pyridine rings is 1. The van der Waals surface area contributed by atoms with E-state index in [-0.39, 0.29) is 31.2 Å². The Morgan fingerprint density at radius 2 is 1.84 bits per heavy atom. The minimum absolute atomic E-state index is 0.0644. The summed E-state index contributed by atoms with van der Waals surface area (Å²) in [6.07, 6.45) is 5.55. The number of esters is 1. The number of hydrogen-bond donors (Lipinski definition) is 5. The summed E-state index contributed by atoms with van der Waals surface area (Å²) in [6.45, 7) is 11.2. The lowest BCUT2D eigenvalue weighted by Crippen LogP contribution is -2.45. The molecule has 6 rings (SSSR count). The summed E-state index contributed by atoms with van der Waals surface area (Å²) in [5.74, 6) is 1.23. The maximum absolute atomic E-state index is 13.6.